The number of rotatable bonds is 25. The minimum absolute atomic E-state index is 0.0848. The zero-order valence-electron chi connectivity index (χ0n) is 32.7. The van der Waals surface area contributed by atoms with Crippen LogP contribution in [0.15, 0.2) is 27.9 Å². The highest BCUT2D eigenvalue weighted by molar-refractivity contribution is 7.16. The van der Waals surface area contributed by atoms with Crippen LogP contribution in [-0.4, -0.2) is 43.7 Å². The summed E-state index contributed by atoms with van der Waals surface area (Å²) >= 11 is 7.51. The maximum absolute atomic E-state index is 12.7. The Morgan fingerprint density at radius 1 is 0.962 bits per heavy atom. The lowest BCUT2D eigenvalue weighted by Gasteiger charge is -2.34. The number of aromatic nitrogens is 1. The number of carbonyl (C=O) groups is 2. The number of benzene rings is 1. The van der Waals surface area contributed by atoms with Gasteiger partial charge in [0.1, 0.15) is 28.2 Å². The maximum atomic E-state index is 12.7. The smallest absolute Gasteiger partial charge is 0.348 e. The average Bonchev–Trinajstić information content (AvgIpc) is 3.50. The van der Waals surface area contributed by atoms with E-state index in [0.717, 1.165) is 94.3 Å². The highest BCUT2D eigenvalue weighted by atomic mass is 35.5. The Hall–Kier alpha value is -3.49. The van der Waals surface area contributed by atoms with Crippen molar-refractivity contribution in [1.29, 1.82) is 5.26 Å². The number of esters is 1. The van der Waals surface area contributed by atoms with E-state index in [1.165, 1.54) is 25.8 Å². The van der Waals surface area contributed by atoms with Crippen molar-refractivity contribution in [3.8, 4) is 11.8 Å². The van der Waals surface area contributed by atoms with Crippen LogP contribution in [0.1, 0.15) is 130 Å². The summed E-state index contributed by atoms with van der Waals surface area (Å²) in [6.45, 7) is 16.7. The van der Waals surface area contributed by atoms with E-state index < -0.39 is 5.97 Å². The molecule has 1 aromatic carbocycles. The van der Waals surface area contributed by atoms with E-state index in [1.807, 2.05) is 12.1 Å². The second-order valence-electron chi connectivity index (χ2n) is 13.5. The van der Waals surface area contributed by atoms with Crippen LogP contribution in [0.4, 0.5) is 22.2 Å². The van der Waals surface area contributed by atoms with Gasteiger partial charge < -0.3 is 19.7 Å². The number of hydrogen-bond donors (Lipinski definition) is 1. The van der Waals surface area contributed by atoms with Crippen molar-refractivity contribution in [1.82, 2.24) is 4.98 Å². The van der Waals surface area contributed by atoms with E-state index in [0.29, 0.717) is 33.8 Å². The number of nitrogens with one attached hydrogen (secondary N) is 1. The molecule has 12 heteroatoms. The molecule has 0 aliphatic rings. The van der Waals surface area contributed by atoms with E-state index in [-0.39, 0.29) is 34.3 Å². The lowest BCUT2D eigenvalue weighted by Crippen LogP contribution is -2.34. The lowest BCUT2D eigenvalue weighted by molar-refractivity contribution is -0.139. The quantitative estimate of drug-likeness (QED) is 0.0462. The first-order valence-electron chi connectivity index (χ1n) is 19.2. The van der Waals surface area contributed by atoms with Crippen molar-refractivity contribution in [3.05, 3.63) is 27.7 Å². The zero-order chi connectivity index (χ0) is 38.5. The number of hydrogen-bond acceptors (Lipinski definition) is 10. The van der Waals surface area contributed by atoms with Gasteiger partial charge in [0.2, 0.25) is 11.0 Å². The molecule has 0 saturated heterocycles. The third-order valence-electron chi connectivity index (χ3n) is 9.44. The van der Waals surface area contributed by atoms with Crippen molar-refractivity contribution in [2.75, 3.05) is 37.0 Å². The number of unbranched alkanes of at least 4 members (excludes halogenated alkanes) is 3. The second-order valence-corrected chi connectivity index (χ2v) is 14.9. The van der Waals surface area contributed by atoms with Gasteiger partial charge in [0, 0.05) is 26.1 Å². The van der Waals surface area contributed by atoms with Crippen LogP contribution in [0, 0.1) is 29.1 Å². The average molecular weight is 757 g/mol. The summed E-state index contributed by atoms with van der Waals surface area (Å²) in [7, 11) is 1.64. The molecule has 0 saturated carbocycles. The molecule has 288 valence electrons. The monoisotopic (exact) mass is 756 g/mol. The van der Waals surface area contributed by atoms with Crippen LogP contribution in [0.5, 0.6) is 5.75 Å². The van der Waals surface area contributed by atoms with Gasteiger partial charge in [-0.05, 0) is 49.2 Å². The van der Waals surface area contributed by atoms with Crippen LogP contribution in [0.3, 0.4) is 0 Å². The van der Waals surface area contributed by atoms with E-state index >= 15 is 0 Å². The Kier molecular flexibility index (Phi) is 21.2. The number of methoxy groups -OCH3 is 1. The number of carbonyl (C=O) groups excluding carboxylic acids is 2. The standard InChI is InChI=1S/C40H61ClN6O4S/c1-9-15-18-29(12-4)25-47(26-30(13-5)19-16-10-2)35-22-33(43-28(7)48)34(23-36(35)50-8)45-46-40-44-38(41)37(52-40)21-32(24-42)39(49)51-27-31(14-6)20-17-11-3/h21-23,29-31H,9-20,25-27H2,1-8H3,(H,43,48)/b32-21+,46-45+. The maximum Gasteiger partial charge on any atom is 0.348 e. The number of nitrogens with zero attached hydrogens (tertiary/aromatic N) is 5. The first-order valence-corrected chi connectivity index (χ1v) is 20.4. The molecular formula is C40H61ClN6O4S. The Morgan fingerprint density at radius 2 is 1.54 bits per heavy atom. The number of halogens is 1. The summed E-state index contributed by atoms with van der Waals surface area (Å²) in [6.07, 6.45) is 14.5. The van der Waals surface area contributed by atoms with Gasteiger partial charge in [-0.1, -0.05) is 122 Å². The summed E-state index contributed by atoms with van der Waals surface area (Å²) in [5.74, 6) is 1.00. The van der Waals surface area contributed by atoms with Crippen molar-refractivity contribution in [3.63, 3.8) is 0 Å². The molecule has 0 radical (unpaired) electrons. The molecule has 0 aliphatic heterocycles. The van der Waals surface area contributed by atoms with Crippen LogP contribution in [0.2, 0.25) is 5.15 Å². The summed E-state index contributed by atoms with van der Waals surface area (Å²) in [6, 6.07) is 5.66. The Bertz CT molecular complexity index is 1490. The van der Waals surface area contributed by atoms with Crippen LogP contribution in [-0.2, 0) is 14.3 Å². The minimum atomic E-state index is -0.697. The second kappa shape index (κ2) is 24.7. The summed E-state index contributed by atoms with van der Waals surface area (Å²) < 4.78 is 11.4. The molecule has 1 amide bonds. The number of amides is 1. The molecule has 1 aromatic heterocycles. The van der Waals surface area contributed by atoms with Gasteiger partial charge in [-0.15, -0.1) is 10.2 Å². The van der Waals surface area contributed by atoms with Gasteiger partial charge >= 0.3 is 5.97 Å². The van der Waals surface area contributed by atoms with Crippen LogP contribution >= 0.6 is 22.9 Å². The molecule has 0 bridgehead atoms. The molecule has 10 nitrogen and oxygen atoms in total. The molecule has 2 rings (SSSR count). The molecule has 3 atom stereocenters. The van der Waals surface area contributed by atoms with Crippen LogP contribution < -0.4 is 15.0 Å². The number of ether oxygens (including phenoxy) is 2. The molecule has 0 spiro atoms. The Labute approximate surface area is 321 Å². The predicted molar refractivity (Wildman–Crippen MR) is 215 cm³/mol. The molecule has 0 fully saturated rings. The number of nitriles is 1. The van der Waals surface area contributed by atoms with Crippen molar-refractivity contribution in [2.24, 2.45) is 28.0 Å². The van der Waals surface area contributed by atoms with Gasteiger partial charge in [-0.2, -0.15) is 5.26 Å². The number of anilines is 2. The molecule has 1 heterocycles. The largest absolute Gasteiger partial charge is 0.494 e. The number of thiazole rings is 1. The fourth-order valence-corrected chi connectivity index (χ4v) is 7.06. The van der Waals surface area contributed by atoms with E-state index in [9.17, 15) is 14.9 Å². The Morgan fingerprint density at radius 3 is 2.04 bits per heavy atom. The zero-order valence-corrected chi connectivity index (χ0v) is 34.3. The summed E-state index contributed by atoms with van der Waals surface area (Å²) in [4.78, 5) is 32.3. The fraction of sp³-hybridized carbons (Fsp3) is 0.650. The minimum Gasteiger partial charge on any atom is -0.494 e. The highest BCUT2D eigenvalue weighted by Gasteiger charge is 2.23. The third kappa shape index (κ3) is 14.9. The van der Waals surface area contributed by atoms with Crippen LogP contribution in [0.25, 0.3) is 6.08 Å². The van der Waals surface area contributed by atoms with E-state index in [1.54, 1.807) is 13.2 Å². The highest BCUT2D eigenvalue weighted by Crippen LogP contribution is 2.41. The van der Waals surface area contributed by atoms with Crippen molar-refractivity contribution >= 4 is 63.1 Å². The van der Waals surface area contributed by atoms with Gasteiger partial charge in [0.05, 0.1) is 30.0 Å². The topological polar surface area (TPSA) is 129 Å². The van der Waals surface area contributed by atoms with Gasteiger partial charge in [0.15, 0.2) is 0 Å². The first kappa shape index (κ1) is 44.7. The van der Waals surface area contributed by atoms with Crippen molar-refractivity contribution in [2.45, 2.75) is 126 Å². The van der Waals surface area contributed by atoms with Gasteiger partial charge in [0.25, 0.3) is 0 Å². The summed E-state index contributed by atoms with van der Waals surface area (Å²) in [5, 5.41) is 21.8. The van der Waals surface area contributed by atoms with E-state index in [4.69, 9.17) is 21.1 Å². The Balaban J connectivity index is 2.48. The van der Waals surface area contributed by atoms with E-state index in [2.05, 4.69) is 67.0 Å². The molecule has 3 unspecified atom stereocenters. The van der Waals surface area contributed by atoms with Crippen molar-refractivity contribution < 1.29 is 19.1 Å². The molecular weight excluding hydrogens is 696 g/mol. The summed E-state index contributed by atoms with van der Waals surface area (Å²) in [5.41, 5.74) is 1.63. The molecule has 1 N–H and O–H groups in total. The normalized spacial score (nSPS) is 13.4. The van der Waals surface area contributed by atoms with Gasteiger partial charge in [-0.25, -0.2) is 9.78 Å². The van der Waals surface area contributed by atoms with Gasteiger partial charge in [-0.3, -0.25) is 4.79 Å². The molecule has 0 aliphatic carbocycles. The molecule has 2 aromatic rings. The SMILES string of the molecule is CCCCC(CC)COC(=O)/C(C#N)=C/c1sc(/N=N/c2cc(OC)c(N(CC(CC)CCCC)CC(CC)CCCC)cc2NC(C)=O)nc1Cl. The first-order chi connectivity index (χ1) is 25.1. The lowest BCUT2D eigenvalue weighted by atomic mass is 9.95. The fourth-order valence-electron chi connectivity index (χ4n) is 6.04. The third-order valence-corrected chi connectivity index (χ3v) is 10.7. The molecule has 52 heavy (non-hydrogen) atoms. The predicted octanol–water partition coefficient (Wildman–Crippen LogP) is 12.1. The number of azo groups is 1.